The van der Waals surface area contributed by atoms with E-state index in [4.69, 9.17) is 14.2 Å². The van der Waals surface area contributed by atoms with Crippen LogP contribution in [-0.2, 0) is 14.2 Å². The SMILES string of the molecule is CCCCCCCCCCCCCCCCCCCCCCC=COCC(O)CO[C@@H]1O[C@H](CO)[C@H](O)[C@H](O)[C@H]1O. The minimum absolute atomic E-state index is 0.0210. The van der Waals surface area contributed by atoms with Gasteiger partial charge in [0.05, 0.1) is 19.5 Å². The molecule has 0 radical (unpaired) electrons. The summed E-state index contributed by atoms with van der Waals surface area (Å²) in [5.41, 5.74) is 0. The van der Waals surface area contributed by atoms with Gasteiger partial charge in [-0.25, -0.2) is 0 Å². The summed E-state index contributed by atoms with van der Waals surface area (Å²) in [4.78, 5) is 0. The summed E-state index contributed by atoms with van der Waals surface area (Å²) in [7, 11) is 0. The molecule has 1 fully saturated rings. The Morgan fingerprint density at radius 3 is 1.56 bits per heavy atom. The number of rotatable bonds is 28. The number of hydrogen-bond acceptors (Lipinski definition) is 8. The van der Waals surface area contributed by atoms with Gasteiger partial charge < -0.3 is 39.7 Å². The van der Waals surface area contributed by atoms with Crippen molar-refractivity contribution in [3.63, 3.8) is 0 Å². The van der Waals surface area contributed by atoms with Gasteiger partial charge in [0.2, 0.25) is 0 Å². The van der Waals surface area contributed by atoms with Gasteiger partial charge >= 0.3 is 0 Å². The normalized spacial score (nSPS) is 23.8. The van der Waals surface area contributed by atoms with Crippen molar-refractivity contribution in [1.29, 1.82) is 0 Å². The third-order valence-electron chi connectivity index (χ3n) is 8.01. The van der Waals surface area contributed by atoms with E-state index < -0.39 is 43.4 Å². The smallest absolute Gasteiger partial charge is 0.186 e. The second-order valence-corrected chi connectivity index (χ2v) is 11.9. The highest BCUT2D eigenvalue weighted by Crippen LogP contribution is 2.22. The zero-order chi connectivity index (χ0) is 30.0. The van der Waals surface area contributed by atoms with Crippen LogP contribution in [0.15, 0.2) is 12.3 Å². The summed E-state index contributed by atoms with van der Waals surface area (Å²) >= 11 is 0. The van der Waals surface area contributed by atoms with Crippen molar-refractivity contribution in [2.45, 2.75) is 179 Å². The van der Waals surface area contributed by atoms with E-state index in [0.717, 1.165) is 12.8 Å². The molecule has 5 N–H and O–H groups in total. The molecule has 1 aliphatic rings. The van der Waals surface area contributed by atoms with Gasteiger partial charge in [0.1, 0.15) is 37.1 Å². The van der Waals surface area contributed by atoms with Crippen LogP contribution in [0.25, 0.3) is 0 Å². The van der Waals surface area contributed by atoms with Crippen LogP contribution < -0.4 is 0 Å². The topological polar surface area (TPSA) is 129 Å². The third-order valence-corrected chi connectivity index (χ3v) is 8.01. The Balaban J connectivity index is 1.82. The first kappa shape index (κ1) is 38.3. The number of allylic oxidation sites excluding steroid dienone is 1. The molecule has 8 heteroatoms. The molecule has 1 aliphatic heterocycles. The number of unbranched alkanes of at least 4 members (excludes halogenated alkanes) is 20. The van der Waals surface area contributed by atoms with Crippen molar-refractivity contribution in [2.75, 3.05) is 19.8 Å². The van der Waals surface area contributed by atoms with Crippen LogP contribution in [0.1, 0.15) is 142 Å². The molecule has 1 heterocycles. The van der Waals surface area contributed by atoms with Crippen molar-refractivity contribution < 1.29 is 39.7 Å². The first-order chi connectivity index (χ1) is 20.0. The summed E-state index contributed by atoms with van der Waals surface area (Å²) in [5.74, 6) is 0. The van der Waals surface area contributed by atoms with E-state index >= 15 is 0 Å². The van der Waals surface area contributed by atoms with Gasteiger partial charge in [0, 0.05) is 0 Å². The predicted octanol–water partition coefficient (Wildman–Crippen LogP) is 5.91. The van der Waals surface area contributed by atoms with Crippen LogP contribution in [0.3, 0.4) is 0 Å². The van der Waals surface area contributed by atoms with Gasteiger partial charge in [0.25, 0.3) is 0 Å². The Bertz CT molecular complexity index is 588. The summed E-state index contributed by atoms with van der Waals surface area (Å²) in [6, 6.07) is 0. The van der Waals surface area contributed by atoms with Gasteiger partial charge in [0.15, 0.2) is 6.29 Å². The van der Waals surface area contributed by atoms with E-state index in [1.54, 1.807) is 6.26 Å². The molecule has 0 aromatic rings. The van der Waals surface area contributed by atoms with Gasteiger partial charge in [-0.2, -0.15) is 0 Å². The standard InChI is InChI=1S/C33H64O8/c1-2-3-4-5-6-7-8-9-10-11-12-13-14-15-16-17-18-19-20-21-22-23-24-39-26-28(35)27-40-33-32(38)31(37)30(36)29(25-34)41-33/h23-24,28-38H,2-22,25-27H2,1H3/t28?,29-,30+,31+,32-,33-/m1/s1. The first-order valence-corrected chi connectivity index (χ1v) is 16.9. The molecule has 0 bridgehead atoms. The van der Waals surface area contributed by atoms with Crippen LogP contribution in [0.2, 0.25) is 0 Å². The van der Waals surface area contributed by atoms with Gasteiger partial charge in [-0.1, -0.05) is 129 Å². The summed E-state index contributed by atoms with van der Waals surface area (Å²) in [6.07, 6.45) is 24.3. The zero-order valence-corrected chi connectivity index (χ0v) is 26.1. The van der Waals surface area contributed by atoms with E-state index in [0.29, 0.717) is 0 Å². The Kier molecular flexibility index (Phi) is 25.1. The molecule has 0 aliphatic carbocycles. The molecular weight excluding hydrogens is 524 g/mol. The molecule has 1 unspecified atom stereocenters. The lowest BCUT2D eigenvalue weighted by Crippen LogP contribution is -2.59. The fraction of sp³-hybridized carbons (Fsp3) is 0.939. The average Bonchev–Trinajstić information content (AvgIpc) is 2.97. The number of aliphatic hydroxyl groups excluding tert-OH is 5. The Hall–Kier alpha value is -0.740. The second-order valence-electron chi connectivity index (χ2n) is 11.9. The first-order valence-electron chi connectivity index (χ1n) is 16.9. The van der Waals surface area contributed by atoms with Crippen molar-refractivity contribution in [2.24, 2.45) is 0 Å². The fourth-order valence-corrected chi connectivity index (χ4v) is 5.28. The van der Waals surface area contributed by atoms with E-state index in [9.17, 15) is 25.5 Å². The molecule has 0 spiro atoms. The van der Waals surface area contributed by atoms with Gasteiger partial charge in [-0.3, -0.25) is 0 Å². The molecule has 6 atom stereocenters. The molecule has 1 saturated heterocycles. The Labute approximate surface area is 250 Å². The van der Waals surface area contributed by atoms with E-state index in [1.165, 1.54) is 122 Å². The molecule has 41 heavy (non-hydrogen) atoms. The van der Waals surface area contributed by atoms with Crippen LogP contribution in [0, 0.1) is 0 Å². The molecule has 0 aromatic heterocycles. The monoisotopic (exact) mass is 588 g/mol. The van der Waals surface area contributed by atoms with Crippen molar-refractivity contribution in [3.05, 3.63) is 12.3 Å². The molecule has 0 saturated carbocycles. The third kappa shape index (κ3) is 20.0. The van der Waals surface area contributed by atoms with E-state index in [1.807, 2.05) is 6.08 Å². The molecule has 244 valence electrons. The molecule has 8 nitrogen and oxygen atoms in total. The maximum Gasteiger partial charge on any atom is 0.186 e. The lowest BCUT2D eigenvalue weighted by molar-refractivity contribution is -0.304. The quantitative estimate of drug-likeness (QED) is 0.0564. The molecule has 0 aromatic carbocycles. The highest BCUT2D eigenvalue weighted by molar-refractivity contribution is 4.89. The van der Waals surface area contributed by atoms with E-state index in [2.05, 4.69) is 6.92 Å². The summed E-state index contributed by atoms with van der Waals surface area (Å²) in [6.45, 7) is 1.59. The number of ether oxygens (including phenoxy) is 3. The minimum Gasteiger partial charge on any atom is -0.499 e. The van der Waals surface area contributed by atoms with Crippen molar-refractivity contribution >= 4 is 0 Å². The zero-order valence-electron chi connectivity index (χ0n) is 26.1. The Morgan fingerprint density at radius 1 is 0.634 bits per heavy atom. The van der Waals surface area contributed by atoms with Crippen LogP contribution >= 0.6 is 0 Å². The average molecular weight is 589 g/mol. The molecule has 1 rings (SSSR count). The van der Waals surface area contributed by atoms with Crippen molar-refractivity contribution in [3.8, 4) is 0 Å². The highest BCUT2D eigenvalue weighted by Gasteiger charge is 2.44. The van der Waals surface area contributed by atoms with Crippen LogP contribution in [0.5, 0.6) is 0 Å². The van der Waals surface area contributed by atoms with Gasteiger partial charge in [-0.05, 0) is 18.9 Å². The maximum atomic E-state index is 10.0. The largest absolute Gasteiger partial charge is 0.499 e. The summed E-state index contributed by atoms with van der Waals surface area (Å²) in [5, 5.41) is 48.7. The highest BCUT2D eigenvalue weighted by atomic mass is 16.7. The number of hydrogen-bond donors (Lipinski definition) is 5. The molecule has 0 amide bonds. The fourth-order valence-electron chi connectivity index (χ4n) is 5.28. The lowest BCUT2D eigenvalue weighted by atomic mass is 9.99. The van der Waals surface area contributed by atoms with Crippen LogP contribution in [0.4, 0.5) is 0 Å². The summed E-state index contributed by atoms with van der Waals surface area (Å²) < 4.78 is 15.9. The second kappa shape index (κ2) is 26.9. The number of aliphatic hydroxyl groups is 5. The lowest BCUT2D eigenvalue weighted by Gasteiger charge is -2.39. The molecular formula is C33H64O8. The maximum absolute atomic E-state index is 10.0. The van der Waals surface area contributed by atoms with Crippen molar-refractivity contribution in [1.82, 2.24) is 0 Å². The minimum atomic E-state index is -1.50. The van der Waals surface area contributed by atoms with E-state index in [-0.39, 0.29) is 13.2 Å². The predicted molar refractivity (Wildman–Crippen MR) is 163 cm³/mol. The van der Waals surface area contributed by atoms with Gasteiger partial charge in [-0.15, -0.1) is 0 Å². The van der Waals surface area contributed by atoms with Crippen LogP contribution in [-0.4, -0.2) is 82.2 Å². The Morgan fingerprint density at radius 2 is 1.10 bits per heavy atom.